The van der Waals surface area contributed by atoms with Crippen LogP contribution in [0.2, 0.25) is 0 Å². The Kier molecular flexibility index (Phi) is 7.69. The van der Waals surface area contributed by atoms with Gasteiger partial charge in [0.15, 0.2) is 0 Å². The molecule has 0 aromatic carbocycles. The number of aliphatic hydroxyl groups excluding tert-OH is 3. The Morgan fingerprint density at radius 1 is 1.06 bits per heavy atom. The first kappa shape index (κ1) is 27.3. The summed E-state index contributed by atoms with van der Waals surface area (Å²) >= 11 is 0. The Hall–Kier alpha value is -0.740. The molecule has 0 spiro atoms. The van der Waals surface area contributed by atoms with E-state index in [2.05, 4.69) is 26.1 Å². The molecule has 4 fully saturated rings. The molecule has 35 heavy (non-hydrogen) atoms. The highest BCUT2D eigenvalue weighted by molar-refractivity contribution is 7.85. The van der Waals surface area contributed by atoms with Crippen LogP contribution >= 0.6 is 0 Å². The van der Waals surface area contributed by atoms with Crippen LogP contribution in [0.1, 0.15) is 78.6 Å². The van der Waals surface area contributed by atoms with Crippen LogP contribution in [0.15, 0.2) is 0 Å². The maximum Gasteiger partial charge on any atom is 0.266 e. The summed E-state index contributed by atoms with van der Waals surface area (Å²) in [5.41, 5.74) is -0.254. The van der Waals surface area contributed by atoms with E-state index in [1.165, 1.54) is 0 Å². The van der Waals surface area contributed by atoms with Gasteiger partial charge in [0.2, 0.25) is 5.91 Å². The first-order valence-electron chi connectivity index (χ1n) is 13.5. The van der Waals surface area contributed by atoms with Crippen LogP contribution in [0.25, 0.3) is 0 Å². The Balaban J connectivity index is 1.43. The molecule has 0 unspecified atom stereocenters. The number of carbonyl (C=O) groups is 1. The molecule has 9 heteroatoms. The van der Waals surface area contributed by atoms with Gasteiger partial charge in [0, 0.05) is 13.0 Å². The van der Waals surface area contributed by atoms with Crippen LogP contribution in [0.5, 0.6) is 0 Å². The summed E-state index contributed by atoms with van der Waals surface area (Å²) in [5.74, 6) is 0.705. The van der Waals surface area contributed by atoms with E-state index in [0.717, 1.165) is 38.5 Å². The van der Waals surface area contributed by atoms with Crippen molar-refractivity contribution in [2.24, 2.45) is 46.3 Å². The minimum absolute atomic E-state index is 0.0509. The average Bonchev–Trinajstić information content (AvgIpc) is 3.12. The van der Waals surface area contributed by atoms with E-state index in [9.17, 15) is 28.5 Å². The number of hydrogen-bond acceptors (Lipinski definition) is 6. The van der Waals surface area contributed by atoms with E-state index in [0.29, 0.717) is 18.8 Å². The molecule has 11 atom stereocenters. The molecule has 8 nitrogen and oxygen atoms in total. The molecular formula is C26H45NO7S. The second kappa shape index (κ2) is 9.86. The van der Waals surface area contributed by atoms with Crippen molar-refractivity contribution < 1.29 is 33.1 Å². The summed E-state index contributed by atoms with van der Waals surface area (Å²) in [4.78, 5) is 12.2. The highest BCUT2D eigenvalue weighted by Gasteiger charge is 2.65. The first-order valence-corrected chi connectivity index (χ1v) is 15.1. The van der Waals surface area contributed by atoms with E-state index in [1.807, 2.05) is 0 Å². The van der Waals surface area contributed by atoms with E-state index >= 15 is 0 Å². The third-order valence-electron chi connectivity index (χ3n) is 11.0. The zero-order chi connectivity index (χ0) is 25.8. The molecule has 0 radical (unpaired) electrons. The molecule has 202 valence electrons. The standard InChI is InChI=1S/C26H45NO7S/c1-15(4-7-23(31)27-10-11-35(32,33)34)18-5-6-19-24-20(14-22(30)26(18,19)3)25(2)9-8-17(28)12-16(25)13-21(24)29/h15-22,24,28-30H,4-14H2,1-3H3,(H,27,31)(H,32,33,34)/t15-,16-,17+,18+,19-,20-,21+,22-,24-,25-,26+/m0/s1. The molecule has 0 saturated heterocycles. The van der Waals surface area contributed by atoms with Gasteiger partial charge in [-0.1, -0.05) is 20.8 Å². The fourth-order valence-electron chi connectivity index (χ4n) is 9.10. The lowest BCUT2D eigenvalue weighted by Crippen LogP contribution is -2.62. The summed E-state index contributed by atoms with van der Waals surface area (Å²) in [6.07, 6.45) is 5.67. The van der Waals surface area contributed by atoms with Crippen molar-refractivity contribution in [1.82, 2.24) is 5.32 Å². The molecule has 4 rings (SSSR count). The molecule has 0 aliphatic heterocycles. The third-order valence-corrected chi connectivity index (χ3v) is 11.7. The molecule has 0 heterocycles. The predicted octanol–water partition coefficient (Wildman–Crippen LogP) is 2.37. The van der Waals surface area contributed by atoms with Crippen molar-refractivity contribution in [2.45, 2.75) is 96.9 Å². The minimum atomic E-state index is -4.10. The predicted molar refractivity (Wildman–Crippen MR) is 132 cm³/mol. The van der Waals surface area contributed by atoms with Crippen LogP contribution < -0.4 is 5.32 Å². The Bertz CT molecular complexity index is 896. The highest BCUT2D eigenvalue weighted by atomic mass is 32.2. The van der Waals surface area contributed by atoms with Gasteiger partial charge in [0.25, 0.3) is 10.1 Å². The van der Waals surface area contributed by atoms with Gasteiger partial charge in [-0.25, -0.2) is 0 Å². The summed E-state index contributed by atoms with van der Waals surface area (Å²) < 4.78 is 30.5. The lowest BCUT2D eigenvalue weighted by Gasteiger charge is -2.63. The summed E-state index contributed by atoms with van der Waals surface area (Å²) in [7, 11) is -4.10. The van der Waals surface area contributed by atoms with Crippen molar-refractivity contribution in [3.05, 3.63) is 0 Å². The van der Waals surface area contributed by atoms with E-state index in [-0.39, 0.29) is 65.4 Å². The second-order valence-corrected chi connectivity index (χ2v) is 14.2. The van der Waals surface area contributed by atoms with Gasteiger partial charge < -0.3 is 20.6 Å². The monoisotopic (exact) mass is 515 g/mol. The number of nitrogens with one attached hydrogen (secondary N) is 1. The fraction of sp³-hybridized carbons (Fsp3) is 0.962. The number of aliphatic hydroxyl groups is 3. The molecule has 4 saturated carbocycles. The lowest BCUT2D eigenvalue weighted by molar-refractivity contribution is -0.207. The van der Waals surface area contributed by atoms with Gasteiger partial charge in [0.05, 0.1) is 24.1 Å². The zero-order valence-corrected chi connectivity index (χ0v) is 22.2. The number of fused-ring (bicyclic) bond motifs is 5. The van der Waals surface area contributed by atoms with Crippen LogP contribution in [0.3, 0.4) is 0 Å². The van der Waals surface area contributed by atoms with Gasteiger partial charge in [-0.05, 0) is 97.7 Å². The largest absolute Gasteiger partial charge is 0.393 e. The topological polar surface area (TPSA) is 144 Å². The first-order chi connectivity index (χ1) is 16.3. The molecule has 4 aliphatic rings. The molecule has 0 aromatic rings. The molecule has 0 aromatic heterocycles. The second-order valence-electron chi connectivity index (χ2n) is 12.7. The maximum absolute atomic E-state index is 12.2. The molecular weight excluding hydrogens is 470 g/mol. The molecule has 0 bridgehead atoms. The molecule has 1 amide bonds. The quantitative estimate of drug-likeness (QED) is 0.327. The van der Waals surface area contributed by atoms with E-state index in [4.69, 9.17) is 4.55 Å². The third kappa shape index (κ3) is 5.05. The number of hydrogen-bond donors (Lipinski definition) is 5. The van der Waals surface area contributed by atoms with Gasteiger partial charge in [-0.3, -0.25) is 9.35 Å². The van der Waals surface area contributed by atoms with Crippen molar-refractivity contribution in [3.63, 3.8) is 0 Å². The Labute approximate surface area is 210 Å². The summed E-state index contributed by atoms with van der Waals surface area (Å²) in [6, 6.07) is 0. The number of amides is 1. The van der Waals surface area contributed by atoms with Crippen molar-refractivity contribution in [1.29, 1.82) is 0 Å². The van der Waals surface area contributed by atoms with E-state index < -0.39 is 28.1 Å². The van der Waals surface area contributed by atoms with Crippen molar-refractivity contribution in [2.75, 3.05) is 12.3 Å². The van der Waals surface area contributed by atoms with Crippen LogP contribution in [0, 0.1) is 46.3 Å². The van der Waals surface area contributed by atoms with Crippen LogP contribution in [-0.2, 0) is 14.9 Å². The Morgan fingerprint density at radius 2 is 1.77 bits per heavy atom. The summed E-state index contributed by atoms with van der Waals surface area (Å²) in [6.45, 7) is 6.56. The number of carbonyl (C=O) groups excluding carboxylic acids is 1. The smallest absolute Gasteiger partial charge is 0.266 e. The normalized spacial score (nSPS) is 46.3. The molecule has 4 aliphatic carbocycles. The van der Waals surface area contributed by atoms with Gasteiger partial charge >= 0.3 is 0 Å². The summed E-state index contributed by atoms with van der Waals surface area (Å²) in [5, 5.41) is 35.8. The molecule has 5 N–H and O–H groups in total. The average molecular weight is 516 g/mol. The maximum atomic E-state index is 12.2. The minimum Gasteiger partial charge on any atom is -0.393 e. The Morgan fingerprint density at radius 3 is 2.46 bits per heavy atom. The lowest BCUT2D eigenvalue weighted by atomic mass is 9.43. The zero-order valence-electron chi connectivity index (χ0n) is 21.4. The number of rotatable bonds is 7. The van der Waals surface area contributed by atoms with E-state index in [1.54, 1.807) is 0 Å². The van der Waals surface area contributed by atoms with Gasteiger partial charge in [-0.2, -0.15) is 8.42 Å². The van der Waals surface area contributed by atoms with Crippen LogP contribution in [-0.4, -0.2) is 64.8 Å². The van der Waals surface area contributed by atoms with Gasteiger partial charge in [0.1, 0.15) is 0 Å². The van der Waals surface area contributed by atoms with Gasteiger partial charge in [-0.15, -0.1) is 0 Å². The van der Waals surface area contributed by atoms with Crippen LogP contribution in [0.4, 0.5) is 0 Å². The fourth-order valence-corrected chi connectivity index (χ4v) is 9.46. The van der Waals surface area contributed by atoms with Crippen molar-refractivity contribution in [3.8, 4) is 0 Å². The van der Waals surface area contributed by atoms with Crippen molar-refractivity contribution >= 4 is 16.0 Å². The SMILES string of the molecule is C[C@@H](CCC(=O)NCCS(=O)(=O)O)[C@H]1CC[C@H]2[C@@H]3[C@H](O)C[C@@H]4C[C@H](O)CC[C@]4(C)[C@H]3C[C@H](O)[C@]12C. The highest BCUT2D eigenvalue weighted by Crippen LogP contribution is 2.68.